The Morgan fingerprint density at radius 1 is 1.00 bits per heavy atom. The van der Waals surface area contributed by atoms with Crippen molar-refractivity contribution >= 4 is 23.6 Å². The van der Waals surface area contributed by atoms with Crippen LogP contribution < -0.4 is 0 Å². The lowest BCUT2D eigenvalue weighted by molar-refractivity contribution is 1.88. The van der Waals surface area contributed by atoms with Gasteiger partial charge < -0.3 is 0 Å². The molecule has 0 N–H and O–H groups in total. The van der Waals surface area contributed by atoms with Crippen molar-refractivity contribution in [3.05, 3.63) is 0 Å². The molecule has 0 aliphatic carbocycles. The fourth-order valence-corrected chi connectivity index (χ4v) is 13.5. The van der Waals surface area contributed by atoms with Gasteiger partial charge in [0.15, 0.2) is 0 Å². The van der Waals surface area contributed by atoms with Crippen LogP contribution in [0.1, 0.15) is 0 Å². The van der Waals surface area contributed by atoms with Gasteiger partial charge in [-0.15, -0.1) is 0 Å². The Labute approximate surface area is 65.9 Å². The quantitative estimate of drug-likeness (QED) is 0.566. The van der Waals surface area contributed by atoms with Gasteiger partial charge in [-0.25, -0.2) is 0 Å². The van der Waals surface area contributed by atoms with Crippen LogP contribution in [0.15, 0.2) is 0 Å². The molecule has 3 heteroatoms. The molecule has 0 aromatic heterocycles. The highest BCUT2D eigenvalue weighted by atomic mass is 29.6. The van der Waals surface area contributed by atoms with E-state index in [0.29, 0.717) is 0 Å². The van der Waals surface area contributed by atoms with Crippen LogP contribution >= 0.6 is 0 Å². The third-order valence-electron chi connectivity index (χ3n) is 2.50. The lowest BCUT2D eigenvalue weighted by atomic mass is 11.9. The molecule has 0 saturated carbocycles. The highest BCUT2D eigenvalue weighted by Crippen LogP contribution is 2.10. The van der Waals surface area contributed by atoms with E-state index in [1.807, 2.05) is 0 Å². The zero-order valence-electron chi connectivity index (χ0n) is 9.50. The molecule has 0 saturated heterocycles. The van der Waals surface area contributed by atoms with Gasteiger partial charge in [0.1, 0.15) is 0 Å². The number of rotatable bonds is 2. The minimum atomic E-state index is -1.76. The zero-order chi connectivity index (χ0) is 9.50. The van der Waals surface area contributed by atoms with E-state index in [1.165, 1.54) is 0 Å². The second-order valence-electron chi connectivity index (χ2n) is 3.62. The average molecular weight is 178 g/mol. The number of hydrogen-bond acceptors (Lipinski definition) is 0. The van der Waals surface area contributed by atoms with E-state index >= 15 is 0 Å². The first-order valence-corrected chi connectivity index (χ1v) is 13.5. The smallest absolute Gasteiger partial charge is 0.0287 e. The third kappa shape index (κ3) is 2.39. The molecule has 0 radical (unpaired) electrons. The molecule has 0 aromatic carbocycles. The first kappa shape index (κ1) is 6.37. The van der Waals surface area contributed by atoms with E-state index in [1.54, 1.807) is 0 Å². The molecule has 0 rings (SSSR count). The summed E-state index contributed by atoms with van der Waals surface area (Å²) in [6.07, 6.45) is 0. The van der Waals surface area contributed by atoms with Crippen LogP contribution in [0.3, 0.4) is 0 Å². The lowest BCUT2D eigenvalue weighted by Crippen LogP contribution is -2.52. The van der Waals surface area contributed by atoms with Crippen molar-refractivity contribution in [1.29, 1.82) is 2.47 Å². The van der Waals surface area contributed by atoms with Gasteiger partial charge in [0.2, 0.25) is 0 Å². The highest BCUT2D eigenvalue weighted by Gasteiger charge is 2.29. The van der Waals surface area contributed by atoms with Crippen LogP contribution in [0.5, 0.6) is 0 Å². The van der Waals surface area contributed by atoms with Crippen LogP contribution in [-0.2, 0) is 0 Å². The second kappa shape index (κ2) is 3.16. The number of hydrogen-bond donors (Lipinski definition) is 0. The molecular weight excluding hydrogens is 156 g/mol. The standard InChI is InChI=1S/C6H20Si3/c1-7(2)9(5,6)8(3)4/h7-8H,1-6H3/i7D,8D. The second-order valence-corrected chi connectivity index (χ2v) is 25.9. The predicted octanol–water partition coefficient (Wildman–Crippen LogP) is 1.82. The molecule has 0 aromatic rings. The summed E-state index contributed by atoms with van der Waals surface area (Å²) in [4.78, 5) is 0. The van der Waals surface area contributed by atoms with Crippen LogP contribution in [0.25, 0.3) is 0 Å². The Kier molecular flexibility index (Phi) is 2.24. The van der Waals surface area contributed by atoms with E-state index in [2.05, 4.69) is 39.3 Å². The Balaban J connectivity index is 4.75. The molecule has 0 nitrogen and oxygen atoms in total. The van der Waals surface area contributed by atoms with E-state index in [9.17, 15) is 0 Å². The van der Waals surface area contributed by atoms with Gasteiger partial charge in [-0.3, -0.25) is 0 Å². The normalized spacial score (nSPS) is 18.9. The molecule has 0 heterocycles. The summed E-state index contributed by atoms with van der Waals surface area (Å²) in [5.74, 6) is 0. The maximum Gasteiger partial charge on any atom is 0.0287 e. The average Bonchev–Trinajstić information content (AvgIpc) is 1.58. The summed E-state index contributed by atoms with van der Waals surface area (Å²) < 4.78 is 16.2. The van der Waals surface area contributed by atoms with Crippen molar-refractivity contribution < 1.29 is 0 Å². The topological polar surface area (TPSA) is 0 Å². The summed E-state index contributed by atoms with van der Waals surface area (Å²) >= 11 is 0. The molecule has 0 spiro atoms. The van der Waals surface area contributed by atoms with E-state index < -0.39 is 23.6 Å². The molecule has 0 aliphatic heterocycles. The fraction of sp³-hybridized carbons (Fsp3) is 1.00. The van der Waals surface area contributed by atoms with Crippen molar-refractivity contribution in [2.75, 3.05) is 0 Å². The van der Waals surface area contributed by atoms with Gasteiger partial charge >= 0.3 is 0 Å². The maximum absolute atomic E-state index is 8.11. The lowest BCUT2D eigenvalue weighted by Gasteiger charge is -2.29. The molecule has 0 aliphatic rings. The SMILES string of the molecule is [2H][Si](C)(C)[Si](C)(C)[Si]([2H])(C)C. The largest absolute Gasteiger partial charge is 0.0743 e. The maximum atomic E-state index is 8.11. The first-order chi connectivity index (χ1) is 4.50. The van der Waals surface area contributed by atoms with Crippen LogP contribution in [0.2, 0.25) is 39.3 Å². The molecule has 0 bridgehead atoms. The Hall–Kier alpha value is 0.651. The molecular formula is C6H20Si3. The molecule has 56 valence electrons. The molecule has 0 amide bonds. The van der Waals surface area contributed by atoms with Gasteiger partial charge in [0, 0.05) is 26.1 Å². The van der Waals surface area contributed by atoms with Crippen LogP contribution in [-0.4, -0.2) is 26.1 Å². The minimum Gasteiger partial charge on any atom is -0.0743 e. The van der Waals surface area contributed by atoms with Crippen molar-refractivity contribution in [2.24, 2.45) is 0 Å². The van der Waals surface area contributed by atoms with Crippen molar-refractivity contribution in [1.82, 2.24) is 0 Å². The molecule has 0 fully saturated rings. The summed E-state index contributed by atoms with van der Waals surface area (Å²) in [5, 5.41) is 0. The summed E-state index contributed by atoms with van der Waals surface area (Å²) in [5.41, 5.74) is 0. The first-order valence-electron chi connectivity index (χ1n) is 4.50. The highest BCUT2D eigenvalue weighted by molar-refractivity contribution is 7.58. The van der Waals surface area contributed by atoms with Crippen LogP contribution in [0, 0.1) is 0 Å². The predicted molar refractivity (Wildman–Crippen MR) is 55.2 cm³/mol. The third-order valence-corrected chi connectivity index (χ3v) is 31.5. The van der Waals surface area contributed by atoms with Gasteiger partial charge in [-0.2, -0.15) is 0 Å². The fourth-order valence-electron chi connectivity index (χ4n) is 0.500. The van der Waals surface area contributed by atoms with Gasteiger partial charge in [-0.05, 0) is 0 Å². The Morgan fingerprint density at radius 3 is 1.22 bits per heavy atom. The van der Waals surface area contributed by atoms with Crippen molar-refractivity contribution in [2.45, 2.75) is 39.3 Å². The summed E-state index contributed by atoms with van der Waals surface area (Å²) in [6.45, 7) is 12.9. The van der Waals surface area contributed by atoms with E-state index in [-0.39, 0.29) is 0 Å². The Bertz CT molecular complexity index is 127. The monoisotopic (exact) mass is 178 g/mol. The summed E-state index contributed by atoms with van der Waals surface area (Å²) in [6, 6.07) is 0. The summed E-state index contributed by atoms with van der Waals surface area (Å²) in [7, 11) is -5.01. The van der Waals surface area contributed by atoms with E-state index in [0.717, 1.165) is 0 Å². The zero-order valence-corrected chi connectivity index (χ0v) is 10.5. The molecule has 9 heavy (non-hydrogen) atoms. The van der Waals surface area contributed by atoms with Crippen molar-refractivity contribution in [3.8, 4) is 0 Å². The van der Waals surface area contributed by atoms with Gasteiger partial charge in [-0.1, -0.05) is 39.3 Å². The van der Waals surface area contributed by atoms with Crippen molar-refractivity contribution in [3.63, 3.8) is 0 Å². The van der Waals surface area contributed by atoms with Gasteiger partial charge in [0.25, 0.3) is 0 Å². The van der Waals surface area contributed by atoms with Crippen LogP contribution in [0.4, 0.5) is 0 Å². The Morgan fingerprint density at radius 2 is 1.22 bits per heavy atom. The minimum absolute atomic E-state index is 1.50. The molecule has 0 unspecified atom stereocenters. The van der Waals surface area contributed by atoms with E-state index in [4.69, 9.17) is 2.47 Å². The van der Waals surface area contributed by atoms with Gasteiger partial charge in [0.05, 0.1) is 0 Å². The molecule has 0 atom stereocenters.